The Balaban J connectivity index is 2.39. The van der Waals surface area contributed by atoms with Gasteiger partial charge in [0.15, 0.2) is 0 Å². The maximum atomic E-state index is 13.6. The molecule has 0 radical (unpaired) electrons. The molecule has 28 heavy (non-hydrogen) atoms. The highest BCUT2D eigenvalue weighted by Gasteiger charge is 2.30. The molecule has 7 nitrogen and oxygen atoms in total. The molecule has 2 aromatic carbocycles. The SMILES string of the molecule is COc1cc(NC(=O)C(C)N(c2cccc(F)c2)S(C)(=O)=O)c(OC)cc1Cl. The quantitative estimate of drug-likeness (QED) is 0.728. The fraction of sp³-hybridized carbons (Fsp3) is 0.278. The van der Waals surface area contributed by atoms with Crippen molar-refractivity contribution in [3.8, 4) is 11.5 Å². The maximum Gasteiger partial charge on any atom is 0.248 e. The van der Waals surface area contributed by atoms with Gasteiger partial charge in [-0.2, -0.15) is 0 Å². The van der Waals surface area contributed by atoms with Gasteiger partial charge >= 0.3 is 0 Å². The summed E-state index contributed by atoms with van der Waals surface area (Å²) in [7, 11) is -1.07. The summed E-state index contributed by atoms with van der Waals surface area (Å²) in [6, 6.07) is 6.72. The summed E-state index contributed by atoms with van der Waals surface area (Å²) in [5.41, 5.74) is 0.277. The molecule has 152 valence electrons. The van der Waals surface area contributed by atoms with Crippen molar-refractivity contribution >= 4 is 38.9 Å². The van der Waals surface area contributed by atoms with Crippen molar-refractivity contribution in [3.63, 3.8) is 0 Å². The third-order valence-electron chi connectivity index (χ3n) is 3.88. The number of carbonyl (C=O) groups is 1. The summed E-state index contributed by atoms with van der Waals surface area (Å²) < 4.78 is 49.3. The van der Waals surface area contributed by atoms with Gasteiger partial charge in [0, 0.05) is 12.1 Å². The van der Waals surface area contributed by atoms with Crippen LogP contribution in [0.15, 0.2) is 36.4 Å². The minimum atomic E-state index is -3.88. The second-order valence-electron chi connectivity index (χ2n) is 5.89. The van der Waals surface area contributed by atoms with E-state index < -0.39 is 27.8 Å². The highest BCUT2D eigenvalue weighted by molar-refractivity contribution is 7.92. The average Bonchev–Trinajstić information content (AvgIpc) is 2.61. The van der Waals surface area contributed by atoms with E-state index >= 15 is 0 Å². The van der Waals surface area contributed by atoms with Crippen LogP contribution in [0.1, 0.15) is 6.92 Å². The number of rotatable bonds is 7. The molecule has 1 unspecified atom stereocenters. The number of halogens is 2. The van der Waals surface area contributed by atoms with Gasteiger partial charge in [-0.25, -0.2) is 12.8 Å². The summed E-state index contributed by atoms with van der Waals surface area (Å²) in [6.07, 6.45) is 0.938. The lowest BCUT2D eigenvalue weighted by Gasteiger charge is -2.28. The molecule has 0 saturated carbocycles. The van der Waals surface area contributed by atoms with Crippen molar-refractivity contribution in [2.45, 2.75) is 13.0 Å². The van der Waals surface area contributed by atoms with E-state index in [-0.39, 0.29) is 22.1 Å². The van der Waals surface area contributed by atoms with Gasteiger partial charge in [-0.15, -0.1) is 0 Å². The van der Waals surface area contributed by atoms with Crippen molar-refractivity contribution in [1.82, 2.24) is 0 Å². The second kappa shape index (κ2) is 8.66. The first-order valence-electron chi connectivity index (χ1n) is 8.05. The lowest BCUT2D eigenvalue weighted by Crippen LogP contribution is -2.45. The lowest BCUT2D eigenvalue weighted by atomic mass is 10.2. The lowest BCUT2D eigenvalue weighted by molar-refractivity contribution is -0.116. The van der Waals surface area contributed by atoms with Crippen LogP contribution in [-0.4, -0.2) is 40.8 Å². The minimum absolute atomic E-state index is 0.0331. The zero-order valence-corrected chi connectivity index (χ0v) is 17.3. The van der Waals surface area contributed by atoms with E-state index in [2.05, 4.69) is 5.32 Å². The first-order chi connectivity index (χ1) is 13.1. The van der Waals surface area contributed by atoms with Gasteiger partial charge < -0.3 is 14.8 Å². The van der Waals surface area contributed by atoms with Crippen LogP contribution in [0.25, 0.3) is 0 Å². The van der Waals surface area contributed by atoms with Gasteiger partial charge in [-0.05, 0) is 25.1 Å². The van der Waals surface area contributed by atoms with E-state index in [1.165, 1.54) is 51.5 Å². The van der Waals surface area contributed by atoms with Crippen LogP contribution in [0.3, 0.4) is 0 Å². The normalized spacial score (nSPS) is 12.2. The van der Waals surface area contributed by atoms with Crippen molar-refractivity contribution in [2.75, 3.05) is 30.1 Å². The van der Waals surface area contributed by atoms with E-state index in [4.69, 9.17) is 21.1 Å². The Kier molecular flexibility index (Phi) is 6.73. The molecule has 0 bridgehead atoms. The predicted molar refractivity (Wildman–Crippen MR) is 106 cm³/mol. The van der Waals surface area contributed by atoms with Crippen LogP contribution < -0.4 is 19.1 Å². The molecule has 0 fully saturated rings. The maximum absolute atomic E-state index is 13.6. The first-order valence-corrected chi connectivity index (χ1v) is 10.3. The molecule has 1 amide bonds. The molecule has 0 aliphatic heterocycles. The smallest absolute Gasteiger partial charge is 0.248 e. The topological polar surface area (TPSA) is 84.9 Å². The van der Waals surface area contributed by atoms with Crippen LogP contribution in [0.4, 0.5) is 15.8 Å². The molecule has 0 aromatic heterocycles. The molecule has 1 N–H and O–H groups in total. The fourth-order valence-corrected chi connectivity index (χ4v) is 4.01. The highest BCUT2D eigenvalue weighted by atomic mass is 35.5. The van der Waals surface area contributed by atoms with Gasteiger partial charge in [0.1, 0.15) is 23.4 Å². The molecular weight excluding hydrogens is 411 g/mol. The molecule has 10 heteroatoms. The number of carbonyl (C=O) groups excluding carboxylic acids is 1. The van der Waals surface area contributed by atoms with E-state index in [9.17, 15) is 17.6 Å². The average molecular weight is 431 g/mol. The van der Waals surface area contributed by atoms with Crippen molar-refractivity contribution in [3.05, 3.63) is 47.2 Å². The summed E-state index contributed by atoms with van der Waals surface area (Å²) in [4.78, 5) is 12.8. The van der Waals surface area contributed by atoms with Crippen molar-refractivity contribution in [1.29, 1.82) is 0 Å². The standard InChI is InChI=1S/C18H20ClFN2O5S/c1-11(22(28(4,24)25)13-7-5-6-12(20)8-13)18(23)21-15-10-16(26-2)14(19)9-17(15)27-3/h5-11H,1-4H3,(H,21,23). The molecule has 1 atom stereocenters. The Morgan fingerprint density at radius 2 is 1.82 bits per heavy atom. The number of nitrogens with one attached hydrogen (secondary N) is 1. The number of methoxy groups -OCH3 is 2. The molecule has 2 aromatic rings. The van der Waals surface area contributed by atoms with E-state index in [0.717, 1.165) is 16.6 Å². The van der Waals surface area contributed by atoms with Crippen molar-refractivity contribution in [2.24, 2.45) is 0 Å². The highest BCUT2D eigenvalue weighted by Crippen LogP contribution is 2.36. The largest absolute Gasteiger partial charge is 0.495 e. The summed E-state index contributed by atoms with van der Waals surface area (Å²) in [5.74, 6) is -0.709. The molecule has 0 saturated heterocycles. The van der Waals surface area contributed by atoms with E-state index in [1.54, 1.807) is 0 Å². The third kappa shape index (κ3) is 4.85. The molecule has 0 aliphatic rings. The molecule has 0 aliphatic carbocycles. The number of ether oxygens (including phenoxy) is 2. The van der Waals surface area contributed by atoms with E-state index in [0.29, 0.717) is 5.75 Å². The first kappa shape index (κ1) is 21.8. The van der Waals surface area contributed by atoms with Crippen LogP contribution >= 0.6 is 11.6 Å². The second-order valence-corrected chi connectivity index (χ2v) is 8.16. The number of anilines is 2. The molecular formula is C18H20ClFN2O5S. The van der Waals surface area contributed by atoms with Gasteiger partial charge in [-0.3, -0.25) is 9.10 Å². The number of sulfonamides is 1. The van der Waals surface area contributed by atoms with E-state index in [1.807, 2.05) is 0 Å². The Morgan fingerprint density at radius 1 is 1.18 bits per heavy atom. The Morgan fingerprint density at radius 3 is 2.36 bits per heavy atom. The van der Waals surface area contributed by atoms with Crippen molar-refractivity contribution < 1.29 is 27.1 Å². The zero-order valence-electron chi connectivity index (χ0n) is 15.7. The van der Waals surface area contributed by atoms with Gasteiger partial charge in [0.25, 0.3) is 0 Å². The van der Waals surface area contributed by atoms with Crippen LogP contribution in [0.2, 0.25) is 5.02 Å². The summed E-state index contributed by atoms with van der Waals surface area (Å²) in [6.45, 7) is 1.39. The third-order valence-corrected chi connectivity index (χ3v) is 5.42. The number of hydrogen-bond donors (Lipinski definition) is 1. The molecule has 0 heterocycles. The van der Waals surface area contributed by atoms with Gasteiger partial charge in [0.05, 0.1) is 36.9 Å². The minimum Gasteiger partial charge on any atom is -0.495 e. The number of benzene rings is 2. The van der Waals surface area contributed by atoms with Crippen LogP contribution in [0.5, 0.6) is 11.5 Å². The van der Waals surface area contributed by atoms with Gasteiger partial charge in [-0.1, -0.05) is 17.7 Å². The Bertz CT molecular complexity index is 984. The number of hydrogen-bond acceptors (Lipinski definition) is 5. The summed E-state index contributed by atoms with van der Waals surface area (Å²) in [5, 5.41) is 2.88. The predicted octanol–water partition coefficient (Wildman–Crippen LogP) is 3.29. The Labute approximate surface area is 168 Å². The Hall–Kier alpha value is -2.52. The fourth-order valence-electron chi connectivity index (χ4n) is 2.62. The summed E-state index contributed by atoms with van der Waals surface area (Å²) >= 11 is 6.04. The molecule has 2 rings (SSSR count). The zero-order chi connectivity index (χ0) is 21.1. The van der Waals surface area contributed by atoms with Gasteiger partial charge in [0.2, 0.25) is 15.9 Å². The number of nitrogens with zero attached hydrogens (tertiary/aromatic N) is 1. The molecule has 0 spiro atoms. The van der Waals surface area contributed by atoms with Crippen LogP contribution in [0, 0.1) is 5.82 Å². The number of amides is 1. The van der Waals surface area contributed by atoms with Crippen LogP contribution in [-0.2, 0) is 14.8 Å². The monoisotopic (exact) mass is 430 g/mol.